The van der Waals surface area contributed by atoms with Gasteiger partial charge in [0.05, 0.1) is 6.42 Å². The summed E-state index contributed by atoms with van der Waals surface area (Å²) >= 11 is 7.04. The Morgan fingerprint density at radius 3 is 2.08 bits per heavy atom. The number of ether oxygens (including phenoxy) is 1. The molecule has 206 valence electrons. The van der Waals surface area contributed by atoms with E-state index in [1.807, 2.05) is 18.2 Å². The molecule has 1 aromatic heterocycles. The number of nitrogens with one attached hydrogen (secondary N) is 1. The van der Waals surface area contributed by atoms with E-state index < -0.39 is 0 Å². The van der Waals surface area contributed by atoms with Gasteiger partial charge in [-0.1, -0.05) is 56.1 Å². The minimum Gasteiger partial charge on any atom is -0.489 e. The molecular formula is C34H34Br2N2O2. The highest BCUT2D eigenvalue weighted by Crippen LogP contribution is 2.55. The minimum absolute atomic E-state index is 0.0284. The minimum atomic E-state index is 0.0284. The lowest BCUT2D eigenvalue weighted by molar-refractivity contribution is -0.126. The van der Waals surface area contributed by atoms with Gasteiger partial charge in [-0.2, -0.15) is 0 Å². The molecule has 0 unspecified atom stereocenters. The van der Waals surface area contributed by atoms with Crippen molar-refractivity contribution in [2.45, 2.75) is 63.6 Å². The third kappa shape index (κ3) is 5.49. The van der Waals surface area contributed by atoms with Crippen LogP contribution in [0, 0.1) is 17.8 Å². The van der Waals surface area contributed by atoms with E-state index in [0.29, 0.717) is 13.0 Å². The molecule has 4 nitrogen and oxygen atoms in total. The van der Waals surface area contributed by atoms with Gasteiger partial charge in [-0.25, -0.2) is 0 Å². The number of fused-ring (bicyclic) bond motifs is 1. The van der Waals surface area contributed by atoms with Crippen molar-refractivity contribution >= 4 is 48.7 Å². The van der Waals surface area contributed by atoms with Gasteiger partial charge >= 0.3 is 0 Å². The van der Waals surface area contributed by atoms with Crippen molar-refractivity contribution in [3.05, 3.63) is 98.6 Å². The number of rotatable bonds is 8. The van der Waals surface area contributed by atoms with Gasteiger partial charge in [0.25, 0.3) is 0 Å². The molecule has 4 aliphatic carbocycles. The van der Waals surface area contributed by atoms with Crippen molar-refractivity contribution in [2.75, 3.05) is 0 Å². The fourth-order valence-electron chi connectivity index (χ4n) is 8.02. The quantitative estimate of drug-likeness (QED) is 0.206. The van der Waals surface area contributed by atoms with Gasteiger partial charge in [-0.15, -0.1) is 0 Å². The summed E-state index contributed by atoms with van der Waals surface area (Å²) in [6.07, 6.45) is 10.2. The Labute approximate surface area is 252 Å². The molecule has 4 fully saturated rings. The second-order valence-electron chi connectivity index (χ2n) is 12.4. The monoisotopic (exact) mass is 660 g/mol. The number of carbonyl (C=O) groups excluding carboxylic acids is 1. The summed E-state index contributed by atoms with van der Waals surface area (Å²) in [6, 6.07) is 22.9. The molecule has 8 rings (SSSR count). The van der Waals surface area contributed by atoms with Crippen LogP contribution in [0.25, 0.3) is 10.9 Å². The summed E-state index contributed by atoms with van der Waals surface area (Å²) in [5.41, 5.74) is 4.55. The Morgan fingerprint density at radius 1 is 0.850 bits per heavy atom. The highest BCUT2D eigenvalue weighted by atomic mass is 79.9. The average molecular weight is 662 g/mol. The molecule has 1 N–H and O–H groups in total. The summed E-state index contributed by atoms with van der Waals surface area (Å²) in [5.74, 6) is 3.41. The van der Waals surface area contributed by atoms with E-state index in [1.54, 1.807) is 0 Å². The lowest BCUT2D eigenvalue weighted by atomic mass is 9.53. The molecule has 4 aromatic rings. The fraction of sp³-hybridized carbons (Fsp3) is 0.382. The Kier molecular flexibility index (Phi) is 7.03. The standard InChI is InChI=1S/C34H34Br2N2O2/c35-28-5-1-22(2-6-28)19-38-20-27(14-33(39)37-34-16-24-11-25(17-34)13-26(12-24)18-34)31-15-30(9-10-32(31)38)40-21-23-3-7-29(36)8-4-23/h1-10,15,20,24-26H,11-14,16-19,21H2,(H,37,39). The maximum absolute atomic E-state index is 13.6. The van der Waals surface area contributed by atoms with Crippen molar-refractivity contribution in [3.63, 3.8) is 0 Å². The van der Waals surface area contributed by atoms with Gasteiger partial charge in [0, 0.05) is 38.1 Å². The van der Waals surface area contributed by atoms with Gasteiger partial charge in [0.1, 0.15) is 12.4 Å². The summed E-state index contributed by atoms with van der Waals surface area (Å²) in [6.45, 7) is 1.25. The molecule has 4 bridgehead atoms. The fourth-order valence-corrected chi connectivity index (χ4v) is 8.55. The molecule has 4 aliphatic rings. The number of carbonyl (C=O) groups is 1. The van der Waals surface area contributed by atoms with E-state index in [9.17, 15) is 4.79 Å². The maximum atomic E-state index is 13.6. The first-order valence-corrected chi connectivity index (χ1v) is 16.0. The first-order chi connectivity index (χ1) is 19.4. The van der Waals surface area contributed by atoms with Crippen LogP contribution in [0.1, 0.15) is 55.2 Å². The van der Waals surface area contributed by atoms with Crippen molar-refractivity contribution in [1.29, 1.82) is 0 Å². The molecule has 4 saturated carbocycles. The zero-order valence-corrected chi connectivity index (χ0v) is 25.7. The van der Waals surface area contributed by atoms with Crippen LogP contribution in [0.4, 0.5) is 0 Å². The van der Waals surface area contributed by atoms with Crippen LogP contribution >= 0.6 is 31.9 Å². The first kappa shape index (κ1) is 26.3. The summed E-state index contributed by atoms with van der Waals surface area (Å²) in [4.78, 5) is 13.6. The van der Waals surface area contributed by atoms with E-state index in [4.69, 9.17) is 4.74 Å². The van der Waals surface area contributed by atoms with E-state index in [1.165, 1.54) is 44.1 Å². The molecule has 0 spiro atoms. The zero-order chi connectivity index (χ0) is 27.3. The number of halogens is 2. The number of hydrogen-bond donors (Lipinski definition) is 1. The molecule has 40 heavy (non-hydrogen) atoms. The highest BCUT2D eigenvalue weighted by Gasteiger charge is 2.51. The lowest BCUT2D eigenvalue weighted by Gasteiger charge is -2.56. The predicted molar refractivity (Wildman–Crippen MR) is 166 cm³/mol. The SMILES string of the molecule is O=C(Cc1cn(Cc2ccc(Br)cc2)c2ccc(OCc3ccc(Br)cc3)cc12)NC12CC3CC(CC(C3)C1)C2. The van der Waals surface area contributed by atoms with Crippen molar-refractivity contribution in [1.82, 2.24) is 9.88 Å². The number of nitrogens with zero attached hydrogens (tertiary/aromatic N) is 1. The van der Waals surface area contributed by atoms with E-state index in [-0.39, 0.29) is 11.4 Å². The van der Waals surface area contributed by atoms with Gasteiger partial charge in [-0.05, 0) is 115 Å². The van der Waals surface area contributed by atoms with Crippen LogP contribution in [-0.4, -0.2) is 16.0 Å². The van der Waals surface area contributed by atoms with Crippen molar-refractivity contribution in [3.8, 4) is 5.75 Å². The first-order valence-electron chi connectivity index (χ1n) is 14.4. The van der Waals surface area contributed by atoms with Crippen LogP contribution in [0.2, 0.25) is 0 Å². The molecular weight excluding hydrogens is 628 g/mol. The van der Waals surface area contributed by atoms with Crippen LogP contribution in [0.15, 0.2) is 81.9 Å². The number of benzene rings is 3. The topological polar surface area (TPSA) is 43.3 Å². The molecule has 0 aliphatic heterocycles. The maximum Gasteiger partial charge on any atom is 0.224 e. The number of amides is 1. The van der Waals surface area contributed by atoms with E-state index >= 15 is 0 Å². The zero-order valence-electron chi connectivity index (χ0n) is 22.5. The van der Waals surface area contributed by atoms with Gasteiger partial charge in [0.15, 0.2) is 0 Å². The van der Waals surface area contributed by atoms with Crippen LogP contribution in [0.5, 0.6) is 5.75 Å². The normalized spacial score (nSPS) is 24.9. The lowest BCUT2D eigenvalue weighted by Crippen LogP contribution is -2.60. The van der Waals surface area contributed by atoms with Crippen molar-refractivity contribution < 1.29 is 9.53 Å². The Balaban J connectivity index is 1.15. The van der Waals surface area contributed by atoms with Crippen molar-refractivity contribution in [2.24, 2.45) is 17.8 Å². The predicted octanol–water partition coefficient (Wildman–Crippen LogP) is 8.42. The smallest absolute Gasteiger partial charge is 0.224 e. The molecule has 0 radical (unpaired) electrons. The summed E-state index contributed by atoms with van der Waals surface area (Å²) < 4.78 is 10.6. The van der Waals surface area contributed by atoms with Gasteiger partial charge < -0.3 is 14.6 Å². The third-order valence-electron chi connectivity index (χ3n) is 9.31. The molecule has 0 saturated heterocycles. The number of hydrogen-bond acceptors (Lipinski definition) is 2. The highest BCUT2D eigenvalue weighted by molar-refractivity contribution is 9.10. The van der Waals surface area contributed by atoms with E-state index in [0.717, 1.165) is 61.0 Å². The Morgan fingerprint density at radius 2 is 1.45 bits per heavy atom. The van der Waals surface area contributed by atoms with Crippen LogP contribution < -0.4 is 10.1 Å². The molecule has 0 atom stereocenters. The Hall–Kier alpha value is -2.57. The average Bonchev–Trinajstić information content (AvgIpc) is 3.24. The largest absolute Gasteiger partial charge is 0.489 e. The Bertz CT molecular complexity index is 1510. The van der Waals surface area contributed by atoms with E-state index in [2.05, 4.69) is 96.5 Å². The second-order valence-corrected chi connectivity index (χ2v) is 14.3. The molecule has 1 amide bonds. The number of aromatic nitrogens is 1. The second kappa shape index (κ2) is 10.7. The third-order valence-corrected chi connectivity index (χ3v) is 10.4. The molecule has 1 heterocycles. The molecule has 6 heteroatoms. The summed E-state index contributed by atoms with van der Waals surface area (Å²) in [5, 5.41) is 4.67. The summed E-state index contributed by atoms with van der Waals surface area (Å²) in [7, 11) is 0. The van der Waals surface area contributed by atoms with Gasteiger partial charge in [-0.3, -0.25) is 4.79 Å². The van der Waals surface area contributed by atoms with Gasteiger partial charge in [0.2, 0.25) is 5.91 Å². The van der Waals surface area contributed by atoms with Crippen LogP contribution in [-0.2, 0) is 24.4 Å². The molecule has 3 aromatic carbocycles. The van der Waals surface area contributed by atoms with Crippen LogP contribution in [0.3, 0.4) is 0 Å².